The van der Waals surface area contributed by atoms with Gasteiger partial charge < -0.3 is 19.9 Å². The number of nitrogens with zero attached hydrogens (tertiary/aromatic N) is 3. The van der Waals surface area contributed by atoms with Crippen molar-refractivity contribution in [3.05, 3.63) is 47.5 Å². The molecule has 3 rings (SSSR count). The van der Waals surface area contributed by atoms with E-state index in [4.69, 9.17) is 27.5 Å². The molecule has 0 bridgehead atoms. The fourth-order valence-corrected chi connectivity index (χ4v) is 3.13. The van der Waals surface area contributed by atoms with Crippen LogP contribution in [0, 0.1) is 18.2 Å². The van der Waals surface area contributed by atoms with Gasteiger partial charge in [-0.15, -0.1) is 18.8 Å². The Morgan fingerprint density at radius 1 is 1.28 bits per heavy atom. The van der Waals surface area contributed by atoms with E-state index in [2.05, 4.69) is 21.2 Å². The van der Waals surface area contributed by atoms with Crippen LogP contribution < -0.4 is 14.8 Å². The molecular formula is C22H23Cl2FN4O3. The van der Waals surface area contributed by atoms with Crippen LogP contribution in [0.25, 0.3) is 10.9 Å². The topological polar surface area (TPSA) is 79.7 Å². The van der Waals surface area contributed by atoms with Gasteiger partial charge in [0.15, 0.2) is 11.5 Å². The van der Waals surface area contributed by atoms with Crippen molar-refractivity contribution in [2.75, 3.05) is 39.2 Å². The quantitative estimate of drug-likeness (QED) is 0.449. The maximum absolute atomic E-state index is 14.2. The first-order valence-corrected chi connectivity index (χ1v) is 9.76. The standard InChI is InChI=1S/C22H22ClFN4O3.ClH/c1-4-7-28(2)11-15(29)12-31-21-10-19-16(9-20(21)30-3)22(26-13-25-19)27-18-6-5-14(23)8-17(18)24;/h1,5-6,8-10,13,15,29H,7,11-12H2,2-3H3,(H,25,26,27);1H. The number of halogens is 3. The van der Waals surface area contributed by atoms with Crippen LogP contribution in [0.5, 0.6) is 11.5 Å². The van der Waals surface area contributed by atoms with E-state index in [1.54, 1.807) is 18.2 Å². The lowest BCUT2D eigenvalue weighted by Gasteiger charge is -2.19. The van der Waals surface area contributed by atoms with Crippen molar-refractivity contribution in [3.63, 3.8) is 0 Å². The maximum Gasteiger partial charge on any atom is 0.163 e. The van der Waals surface area contributed by atoms with Crippen molar-refractivity contribution < 1.29 is 19.0 Å². The molecule has 10 heteroatoms. The molecule has 7 nitrogen and oxygen atoms in total. The zero-order chi connectivity index (χ0) is 22.4. The Morgan fingerprint density at radius 2 is 2.06 bits per heavy atom. The zero-order valence-electron chi connectivity index (χ0n) is 17.5. The number of aliphatic hydroxyl groups is 1. The third kappa shape index (κ3) is 6.34. The van der Waals surface area contributed by atoms with E-state index in [1.165, 1.54) is 25.6 Å². The van der Waals surface area contributed by atoms with Crippen LogP contribution in [-0.4, -0.2) is 59.9 Å². The minimum atomic E-state index is -0.741. The number of aromatic nitrogens is 2. The van der Waals surface area contributed by atoms with Crippen LogP contribution in [0.1, 0.15) is 0 Å². The van der Waals surface area contributed by atoms with E-state index in [-0.39, 0.29) is 24.7 Å². The smallest absolute Gasteiger partial charge is 0.163 e. The Labute approximate surface area is 196 Å². The highest BCUT2D eigenvalue weighted by Crippen LogP contribution is 2.35. The predicted molar refractivity (Wildman–Crippen MR) is 126 cm³/mol. The minimum absolute atomic E-state index is 0. The fourth-order valence-electron chi connectivity index (χ4n) is 2.97. The molecule has 2 N–H and O–H groups in total. The zero-order valence-corrected chi connectivity index (χ0v) is 19.1. The second-order valence-corrected chi connectivity index (χ2v) is 7.29. The average Bonchev–Trinajstić information content (AvgIpc) is 2.73. The number of likely N-dealkylation sites (N-methyl/N-ethyl adjacent to an activating group) is 1. The lowest BCUT2D eigenvalue weighted by Crippen LogP contribution is -2.33. The van der Waals surface area contributed by atoms with Crippen LogP contribution in [0.4, 0.5) is 15.9 Å². The summed E-state index contributed by atoms with van der Waals surface area (Å²) in [5.41, 5.74) is 0.782. The van der Waals surface area contributed by atoms with Gasteiger partial charge in [-0.25, -0.2) is 14.4 Å². The number of fused-ring (bicyclic) bond motifs is 1. The van der Waals surface area contributed by atoms with Crippen LogP contribution >= 0.6 is 24.0 Å². The second-order valence-electron chi connectivity index (χ2n) is 6.86. The lowest BCUT2D eigenvalue weighted by atomic mass is 10.2. The van der Waals surface area contributed by atoms with Crippen molar-refractivity contribution in [2.45, 2.75) is 6.10 Å². The normalized spacial score (nSPS) is 11.5. The lowest BCUT2D eigenvalue weighted by molar-refractivity contribution is 0.0788. The van der Waals surface area contributed by atoms with Crippen molar-refractivity contribution >= 4 is 46.4 Å². The molecule has 0 radical (unpaired) electrons. The van der Waals surface area contributed by atoms with E-state index in [0.717, 1.165) is 0 Å². The van der Waals surface area contributed by atoms with Gasteiger partial charge in [0, 0.05) is 23.0 Å². The Morgan fingerprint density at radius 3 is 2.75 bits per heavy atom. The summed E-state index contributed by atoms with van der Waals surface area (Å²) in [6, 6.07) is 7.69. The molecule has 1 heterocycles. The van der Waals surface area contributed by atoms with Crippen LogP contribution in [-0.2, 0) is 0 Å². The van der Waals surface area contributed by atoms with Gasteiger partial charge in [-0.3, -0.25) is 4.90 Å². The van der Waals surface area contributed by atoms with E-state index in [1.807, 2.05) is 11.9 Å². The van der Waals surface area contributed by atoms with Crippen molar-refractivity contribution in [2.24, 2.45) is 0 Å². The van der Waals surface area contributed by atoms with Crippen LogP contribution in [0.15, 0.2) is 36.7 Å². The first-order valence-electron chi connectivity index (χ1n) is 9.39. The Kier molecular flexibility index (Phi) is 9.29. The molecule has 0 saturated heterocycles. The Balaban J connectivity index is 0.00000363. The SMILES string of the molecule is C#CCN(C)CC(O)COc1cc2ncnc(Nc3ccc(Cl)cc3F)c2cc1OC.Cl. The van der Waals surface area contributed by atoms with Gasteiger partial charge in [-0.05, 0) is 31.3 Å². The largest absolute Gasteiger partial charge is 0.493 e. The van der Waals surface area contributed by atoms with Gasteiger partial charge in [0.1, 0.15) is 30.7 Å². The number of terminal acetylenes is 1. The molecule has 1 atom stereocenters. The summed E-state index contributed by atoms with van der Waals surface area (Å²) in [6.07, 6.45) is 5.89. The monoisotopic (exact) mass is 480 g/mol. The molecule has 1 unspecified atom stereocenters. The molecule has 3 aromatic rings. The molecule has 0 aliphatic heterocycles. The molecule has 170 valence electrons. The molecule has 1 aromatic heterocycles. The first-order chi connectivity index (χ1) is 14.9. The molecule has 0 aliphatic rings. The first kappa shape index (κ1) is 25.4. The Hall–Kier alpha value is -2.83. The number of anilines is 2. The molecule has 32 heavy (non-hydrogen) atoms. The van der Waals surface area contributed by atoms with Crippen molar-refractivity contribution in [1.82, 2.24) is 14.9 Å². The number of aliphatic hydroxyl groups excluding tert-OH is 1. The van der Waals surface area contributed by atoms with Crippen molar-refractivity contribution in [3.8, 4) is 23.8 Å². The van der Waals surface area contributed by atoms with E-state index in [0.29, 0.717) is 46.3 Å². The van der Waals surface area contributed by atoms with Crippen molar-refractivity contribution in [1.29, 1.82) is 0 Å². The highest BCUT2D eigenvalue weighted by molar-refractivity contribution is 6.30. The van der Waals surface area contributed by atoms with Gasteiger partial charge in [0.25, 0.3) is 0 Å². The third-order valence-corrected chi connectivity index (χ3v) is 4.65. The minimum Gasteiger partial charge on any atom is -0.493 e. The summed E-state index contributed by atoms with van der Waals surface area (Å²) in [5, 5.41) is 14.0. The summed E-state index contributed by atoms with van der Waals surface area (Å²) in [5.74, 6) is 3.24. The second kappa shape index (κ2) is 11.7. The van der Waals surface area contributed by atoms with Gasteiger partial charge in [-0.1, -0.05) is 17.5 Å². The van der Waals surface area contributed by atoms with Gasteiger partial charge in [0.2, 0.25) is 0 Å². The number of nitrogens with one attached hydrogen (secondary N) is 1. The number of methoxy groups -OCH3 is 1. The molecule has 0 fully saturated rings. The summed E-state index contributed by atoms with van der Waals surface area (Å²) in [6.45, 7) is 0.837. The number of ether oxygens (including phenoxy) is 2. The Bertz CT molecular complexity index is 1110. The molecule has 2 aromatic carbocycles. The number of hydrogen-bond acceptors (Lipinski definition) is 7. The van der Waals surface area contributed by atoms with Gasteiger partial charge in [-0.2, -0.15) is 0 Å². The van der Waals surface area contributed by atoms with Gasteiger partial charge >= 0.3 is 0 Å². The number of benzene rings is 2. The molecule has 0 amide bonds. The van der Waals surface area contributed by atoms with E-state index in [9.17, 15) is 9.50 Å². The number of hydrogen-bond donors (Lipinski definition) is 2. The van der Waals surface area contributed by atoms with E-state index < -0.39 is 11.9 Å². The van der Waals surface area contributed by atoms with Crippen LogP contribution in [0.2, 0.25) is 5.02 Å². The average molecular weight is 481 g/mol. The highest BCUT2D eigenvalue weighted by Gasteiger charge is 2.15. The molecular weight excluding hydrogens is 458 g/mol. The summed E-state index contributed by atoms with van der Waals surface area (Å²) in [7, 11) is 3.32. The van der Waals surface area contributed by atoms with Crippen LogP contribution in [0.3, 0.4) is 0 Å². The van der Waals surface area contributed by atoms with E-state index >= 15 is 0 Å². The summed E-state index contributed by atoms with van der Waals surface area (Å²) < 4.78 is 25.4. The summed E-state index contributed by atoms with van der Waals surface area (Å²) in [4.78, 5) is 10.3. The summed E-state index contributed by atoms with van der Waals surface area (Å²) >= 11 is 5.81. The molecule has 0 aliphatic carbocycles. The predicted octanol–water partition coefficient (Wildman–Crippen LogP) is 3.90. The third-order valence-electron chi connectivity index (χ3n) is 4.42. The molecule has 0 saturated carbocycles. The molecule has 0 spiro atoms. The fraction of sp³-hybridized carbons (Fsp3) is 0.273. The highest BCUT2D eigenvalue weighted by atomic mass is 35.5. The number of rotatable bonds is 9. The maximum atomic E-state index is 14.2. The van der Waals surface area contributed by atoms with Gasteiger partial charge in [0.05, 0.1) is 24.9 Å².